The fourth-order valence-corrected chi connectivity index (χ4v) is 2.70. The maximum absolute atomic E-state index is 14.0. The fraction of sp³-hybridized carbons (Fsp3) is 0.235. The molecular formula is C17H16Cl2FNO2. The third-order valence-electron chi connectivity index (χ3n) is 3.38. The molecule has 0 bridgehead atoms. The number of carbonyl (C=O) groups is 1. The van der Waals surface area contributed by atoms with Crippen molar-refractivity contribution in [3.8, 4) is 0 Å². The van der Waals surface area contributed by atoms with E-state index in [0.29, 0.717) is 22.2 Å². The number of halogens is 3. The minimum absolute atomic E-state index is 0.0351. The smallest absolute Gasteiger partial charge is 0.304 e. The summed E-state index contributed by atoms with van der Waals surface area (Å²) in [6, 6.07) is 11.8. The Labute approximate surface area is 144 Å². The Morgan fingerprint density at radius 2 is 1.87 bits per heavy atom. The van der Waals surface area contributed by atoms with Crippen LogP contribution in [0.15, 0.2) is 42.5 Å². The van der Waals surface area contributed by atoms with Gasteiger partial charge in [0.05, 0.1) is 6.42 Å². The average molecular weight is 356 g/mol. The fourth-order valence-electron chi connectivity index (χ4n) is 2.27. The van der Waals surface area contributed by atoms with Crippen LogP contribution in [0, 0.1) is 5.82 Å². The molecule has 0 saturated heterocycles. The molecule has 0 aromatic heterocycles. The van der Waals surface area contributed by atoms with Gasteiger partial charge in [-0.25, -0.2) is 4.39 Å². The summed E-state index contributed by atoms with van der Waals surface area (Å²) in [5.41, 5.74) is 1.29. The molecule has 2 aromatic carbocycles. The van der Waals surface area contributed by atoms with Gasteiger partial charge in [-0.05, 0) is 29.8 Å². The summed E-state index contributed by atoms with van der Waals surface area (Å²) in [4.78, 5) is 12.7. The molecule has 2 aromatic rings. The van der Waals surface area contributed by atoms with E-state index in [4.69, 9.17) is 28.3 Å². The lowest BCUT2D eigenvalue weighted by atomic mass is 10.1. The van der Waals surface area contributed by atoms with E-state index in [-0.39, 0.29) is 19.5 Å². The number of carboxylic acid groups (broad SMARTS) is 1. The SMILES string of the molecule is O=C(O)CCN(Cc1cccc(Cl)c1)Cc1c(F)cccc1Cl. The van der Waals surface area contributed by atoms with E-state index in [1.807, 2.05) is 17.0 Å². The predicted molar refractivity (Wildman–Crippen MR) is 89.2 cm³/mol. The first-order valence-electron chi connectivity index (χ1n) is 7.07. The van der Waals surface area contributed by atoms with E-state index in [1.165, 1.54) is 6.07 Å². The minimum Gasteiger partial charge on any atom is -0.481 e. The Morgan fingerprint density at radius 3 is 2.52 bits per heavy atom. The number of hydrogen-bond acceptors (Lipinski definition) is 2. The zero-order valence-corrected chi connectivity index (χ0v) is 13.8. The van der Waals surface area contributed by atoms with Crippen LogP contribution in [0.5, 0.6) is 0 Å². The Morgan fingerprint density at radius 1 is 1.13 bits per heavy atom. The number of carboxylic acids is 1. The van der Waals surface area contributed by atoms with Crippen molar-refractivity contribution in [1.82, 2.24) is 4.90 Å². The summed E-state index contributed by atoms with van der Waals surface area (Å²) in [6.45, 7) is 0.969. The molecule has 2 rings (SSSR count). The van der Waals surface area contributed by atoms with Gasteiger partial charge in [0.2, 0.25) is 0 Å². The monoisotopic (exact) mass is 355 g/mol. The van der Waals surface area contributed by atoms with E-state index in [9.17, 15) is 9.18 Å². The van der Waals surface area contributed by atoms with Gasteiger partial charge >= 0.3 is 5.97 Å². The third kappa shape index (κ3) is 5.50. The highest BCUT2D eigenvalue weighted by atomic mass is 35.5. The highest BCUT2D eigenvalue weighted by Gasteiger charge is 2.14. The number of rotatable bonds is 7. The maximum atomic E-state index is 14.0. The molecule has 0 heterocycles. The third-order valence-corrected chi connectivity index (χ3v) is 3.97. The lowest BCUT2D eigenvalue weighted by molar-refractivity contribution is -0.137. The first-order chi connectivity index (χ1) is 11.0. The molecule has 0 aliphatic rings. The molecule has 0 aliphatic heterocycles. The van der Waals surface area contributed by atoms with Crippen molar-refractivity contribution in [3.63, 3.8) is 0 Å². The normalized spacial score (nSPS) is 11.0. The largest absolute Gasteiger partial charge is 0.481 e. The Kier molecular flexibility index (Phi) is 6.39. The molecule has 0 saturated carbocycles. The van der Waals surface area contributed by atoms with E-state index >= 15 is 0 Å². The van der Waals surface area contributed by atoms with Gasteiger partial charge in [0, 0.05) is 35.2 Å². The van der Waals surface area contributed by atoms with Crippen LogP contribution in [0.3, 0.4) is 0 Å². The van der Waals surface area contributed by atoms with Gasteiger partial charge in [-0.2, -0.15) is 0 Å². The van der Waals surface area contributed by atoms with E-state index in [0.717, 1.165) is 5.56 Å². The molecule has 1 N–H and O–H groups in total. The van der Waals surface area contributed by atoms with E-state index in [2.05, 4.69) is 0 Å². The van der Waals surface area contributed by atoms with Gasteiger partial charge < -0.3 is 5.11 Å². The zero-order chi connectivity index (χ0) is 16.8. The standard InChI is InChI=1S/C17H16Cl2FNO2/c18-13-4-1-3-12(9-13)10-21(8-7-17(22)23)11-14-15(19)5-2-6-16(14)20/h1-6,9H,7-8,10-11H2,(H,22,23). The molecule has 0 aliphatic carbocycles. The van der Waals surface area contributed by atoms with Crippen LogP contribution in [-0.4, -0.2) is 22.5 Å². The van der Waals surface area contributed by atoms with Gasteiger partial charge in [0.15, 0.2) is 0 Å². The molecule has 0 amide bonds. The van der Waals surface area contributed by atoms with Crippen LogP contribution in [0.1, 0.15) is 17.5 Å². The van der Waals surface area contributed by atoms with Crippen LogP contribution in [0.2, 0.25) is 10.0 Å². The van der Waals surface area contributed by atoms with Crippen LogP contribution in [-0.2, 0) is 17.9 Å². The number of aliphatic carboxylic acids is 1. The van der Waals surface area contributed by atoms with Gasteiger partial charge in [0.1, 0.15) is 5.82 Å². The second-order valence-corrected chi connectivity index (χ2v) is 6.03. The molecular weight excluding hydrogens is 340 g/mol. The molecule has 6 heteroatoms. The van der Waals surface area contributed by atoms with Gasteiger partial charge in [-0.3, -0.25) is 9.69 Å². The van der Waals surface area contributed by atoms with Crippen molar-refractivity contribution >= 4 is 29.2 Å². The van der Waals surface area contributed by atoms with Crippen LogP contribution in [0.25, 0.3) is 0 Å². The number of hydrogen-bond donors (Lipinski definition) is 1. The molecule has 0 unspecified atom stereocenters. The molecule has 0 radical (unpaired) electrons. The van der Waals surface area contributed by atoms with Crippen molar-refractivity contribution in [3.05, 3.63) is 69.5 Å². The highest BCUT2D eigenvalue weighted by Crippen LogP contribution is 2.22. The summed E-state index contributed by atoms with van der Waals surface area (Å²) in [6.07, 6.45) is -0.0351. The van der Waals surface area contributed by atoms with Crippen molar-refractivity contribution < 1.29 is 14.3 Å². The number of nitrogens with zero attached hydrogens (tertiary/aromatic N) is 1. The lowest BCUT2D eigenvalue weighted by Crippen LogP contribution is -2.26. The predicted octanol–water partition coefficient (Wildman–Crippen LogP) is 4.61. The second kappa shape index (κ2) is 8.29. The molecule has 3 nitrogen and oxygen atoms in total. The van der Waals surface area contributed by atoms with Gasteiger partial charge in [-0.15, -0.1) is 0 Å². The summed E-state index contributed by atoms with van der Waals surface area (Å²) in [5.74, 6) is -1.30. The average Bonchev–Trinajstić information content (AvgIpc) is 2.48. The van der Waals surface area contributed by atoms with E-state index < -0.39 is 11.8 Å². The zero-order valence-electron chi connectivity index (χ0n) is 12.3. The summed E-state index contributed by atoms with van der Waals surface area (Å²) in [5, 5.41) is 9.83. The quantitative estimate of drug-likeness (QED) is 0.788. The minimum atomic E-state index is -0.902. The second-order valence-electron chi connectivity index (χ2n) is 5.18. The van der Waals surface area contributed by atoms with Crippen LogP contribution >= 0.6 is 23.2 Å². The molecule has 0 fully saturated rings. The van der Waals surface area contributed by atoms with Crippen molar-refractivity contribution in [2.24, 2.45) is 0 Å². The molecule has 0 atom stereocenters. The van der Waals surface area contributed by atoms with Crippen molar-refractivity contribution in [2.45, 2.75) is 19.5 Å². The Hall–Kier alpha value is -1.62. The van der Waals surface area contributed by atoms with Gasteiger partial charge in [-0.1, -0.05) is 41.4 Å². The van der Waals surface area contributed by atoms with Gasteiger partial charge in [0.25, 0.3) is 0 Å². The summed E-state index contributed by atoms with van der Waals surface area (Å²) in [7, 11) is 0. The summed E-state index contributed by atoms with van der Waals surface area (Å²) < 4.78 is 14.0. The van der Waals surface area contributed by atoms with Crippen LogP contribution < -0.4 is 0 Å². The van der Waals surface area contributed by atoms with E-state index in [1.54, 1.807) is 24.3 Å². The van der Waals surface area contributed by atoms with Crippen molar-refractivity contribution in [1.29, 1.82) is 0 Å². The first-order valence-corrected chi connectivity index (χ1v) is 7.83. The molecule has 122 valence electrons. The Balaban J connectivity index is 2.18. The Bertz CT molecular complexity index is 674. The highest BCUT2D eigenvalue weighted by molar-refractivity contribution is 6.31. The topological polar surface area (TPSA) is 40.5 Å². The first kappa shape index (κ1) is 17.7. The lowest BCUT2D eigenvalue weighted by Gasteiger charge is -2.22. The van der Waals surface area contributed by atoms with Crippen LogP contribution in [0.4, 0.5) is 4.39 Å². The van der Waals surface area contributed by atoms with Crippen molar-refractivity contribution in [2.75, 3.05) is 6.54 Å². The number of benzene rings is 2. The molecule has 0 spiro atoms. The molecule has 23 heavy (non-hydrogen) atoms. The summed E-state index contributed by atoms with van der Waals surface area (Å²) >= 11 is 12.0. The maximum Gasteiger partial charge on any atom is 0.304 e.